The monoisotopic (exact) mass is 352 g/mol. The summed E-state index contributed by atoms with van der Waals surface area (Å²) < 4.78 is 5.00. The average molecular weight is 353 g/mol. The molecule has 24 heavy (non-hydrogen) atoms. The van der Waals surface area contributed by atoms with E-state index in [2.05, 4.69) is 15.5 Å². The maximum absolute atomic E-state index is 11.6. The van der Waals surface area contributed by atoms with E-state index in [1.54, 1.807) is 0 Å². The summed E-state index contributed by atoms with van der Waals surface area (Å²) in [6, 6.07) is 10.4. The van der Waals surface area contributed by atoms with E-state index in [4.69, 9.17) is 22.1 Å². The van der Waals surface area contributed by atoms with Gasteiger partial charge in [-0.1, -0.05) is 41.9 Å². The molecule has 0 saturated heterocycles. The topological polar surface area (TPSA) is 131 Å². The van der Waals surface area contributed by atoms with Crippen molar-refractivity contribution >= 4 is 23.5 Å². The molecule has 128 valence electrons. The molecule has 8 nitrogen and oxygen atoms in total. The largest absolute Gasteiger partial charge is 0.445 e. The number of nitrogen functional groups attached to an aromatic ring is 1. The number of benzene rings is 1. The lowest BCUT2D eigenvalue weighted by Gasteiger charge is -2.19. The SMILES string of the molecule is Nc1nnc(Cl)cc1C(O)C(O)CNC(=O)OCc1ccccc1. The lowest BCUT2D eigenvalue weighted by Crippen LogP contribution is -2.36. The van der Waals surface area contributed by atoms with Crippen LogP contribution in [0.1, 0.15) is 17.2 Å². The second kappa shape index (κ2) is 8.44. The van der Waals surface area contributed by atoms with Gasteiger partial charge in [-0.15, -0.1) is 10.2 Å². The minimum Gasteiger partial charge on any atom is -0.445 e. The van der Waals surface area contributed by atoms with Gasteiger partial charge in [-0.25, -0.2) is 4.79 Å². The van der Waals surface area contributed by atoms with E-state index in [0.717, 1.165) is 5.56 Å². The Morgan fingerprint density at radius 2 is 2.00 bits per heavy atom. The second-order valence-electron chi connectivity index (χ2n) is 4.96. The number of nitrogens with two attached hydrogens (primary N) is 1. The molecule has 0 bridgehead atoms. The predicted molar refractivity (Wildman–Crippen MR) is 87.1 cm³/mol. The Morgan fingerprint density at radius 1 is 1.29 bits per heavy atom. The molecule has 1 heterocycles. The molecule has 0 aliphatic rings. The van der Waals surface area contributed by atoms with E-state index in [9.17, 15) is 15.0 Å². The van der Waals surface area contributed by atoms with E-state index in [1.165, 1.54) is 6.07 Å². The minimum absolute atomic E-state index is 0.0284. The highest BCUT2D eigenvalue weighted by Crippen LogP contribution is 2.23. The normalized spacial score (nSPS) is 13.1. The van der Waals surface area contributed by atoms with Gasteiger partial charge >= 0.3 is 6.09 Å². The average Bonchev–Trinajstić information content (AvgIpc) is 2.60. The van der Waals surface area contributed by atoms with Crippen LogP contribution in [-0.2, 0) is 11.3 Å². The van der Waals surface area contributed by atoms with Crippen molar-refractivity contribution in [2.24, 2.45) is 0 Å². The lowest BCUT2D eigenvalue weighted by molar-refractivity contribution is 0.0186. The molecule has 1 aromatic carbocycles. The summed E-state index contributed by atoms with van der Waals surface area (Å²) in [5, 5.41) is 29.5. The number of hydrogen-bond donors (Lipinski definition) is 4. The third-order valence-electron chi connectivity index (χ3n) is 3.18. The number of aliphatic hydroxyl groups is 2. The third kappa shape index (κ3) is 5.05. The summed E-state index contributed by atoms with van der Waals surface area (Å²) in [4.78, 5) is 11.6. The number of aromatic nitrogens is 2. The van der Waals surface area contributed by atoms with Crippen molar-refractivity contribution in [2.75, 3.05) is 12.3 Å². The summed E-state index contributed by atoms with van der Waals surface area (Å²) in [5.74, 6) is -0.0578. The molecule has 0 aliphatic carbocycles. The first-order valence-corrected chi connectivity index (χ1v) is 7.44. The maximum atomic E-state index is 11.6. The number of halogens is 1. The van der Waals surface area contributed by atoms with Crippen molar-refractivity contribution in [3.63, 3.8) is 0 Å². The van der Waals surface area contributed by atoms with Gasteiger partial charge in [0.15, 0.2) is 11.0 Å². The number of hydrogen-bond acceptors (Lipinski definition) is 7. The van der Waals surface area contributed by atoms with Crippen LogP contribution in [-0.4, -0.2) is 39.2 Å². The van der Waals surface area contributed by atoms with Crippen molar-refractivity contribution in [3.8, 4) is 0 Å². The zero-order valence-electron chi connectivity index (χ0n) is 12.6. The molecule has 0 aliphatic heterocycles. The molecule has 9 heteroatoms. The second-order valence-corrected chi connectivity index (χ2v) is 5.35. The molecule has 2 unspecified atom stereocenters. The minimum atomic E-state index is -1.38. The van der Waals surface area contributed by atoms with Crippen molar-refractivity contribution in [1.29, 1.82) is 0 Å². The molecule has 2 rings (SSSR count). The molecule has 1 aromatic heterocycles. The standard InChI is InChI=1S/C15H17ClN4O4/c16-12-6-10(14(17)20-19-12)13(22)11(21)7-18-15(23)24-8-9-4-2-1-3-5-9/h1-6,11,13,21-22H,7-8H2,(H2,17,20)(H,18,23). The van der Waals surface area contributed by atoms with Crippen molar-refractivity contribution in [1.82, 2.24) is 15.5 Å². The van der Waals surface area contributed by atoms with Gasteiger partial charge in [0, 0.05) is 12.1 Å². The predicted octanol–water partition coefficient (Wildman–Crippen LogP) is 1.03. The van der Waals surface area contributed by atoms with Crippen LogP contribution in [0.4, 0.5) is 10.6 Å². The summed E-state index contributed by atoms with van der Waals surface area (Å²) >= 11 is 5.68. The van der Waals surface area contributed by atoms with Gasteiger partial charge in [0.1, 0.15) is 18.8 Å². The van der Waals surface area contributed by atoms with Crippen LogP contribution in [0.2, 0.25) is 5.15 Å². The fraction of sp³-hybridized carbons (Fsp3) is 0.267. The van der Waals surface area contributed by atoms with E-state index >= 15 is 0 Å². The first kappa shape index (κ1) is 17.9. The number of amides is 1. The Morgan fingerprint density at radius 3 is 2.71 bits per heavy atom. The smallest absolute Gasteiger partial charge is 0.407 e. The van der Waals surface area contributed by atoms with Crippen molar-refractivity contribution < 1.29 is 19.7 Å². The van der Waals surface area contributed by atoms with Crippen LogP contribution in [0.25, 0.3) is 0 Å². The van der Waals surface area contributed by atoms with Crippen LogP contribution in [0, 0.1) is 0 Å². The Labute approximate surface area is 143 Å². The first-order valence-electron chi connectivity index (χ1n) is 7.06. The van der Waals surface area contributed by atoms with E-state index in [1.807, 2.05) is 30.3 Å². The van der Waals surface area contributed by atoms with Gasteiger partial charge in [-0.3, -0.25) is 0 Å². The Balaban J connectivity index is 1.82. The fourth-order valence-electron chi connectivity index (χ4n) is 1.91. The molecule has 5 N–H and O–H groups in total. The first-order chi connectivity index (χ1) is 11.5. The summed E-state index contributed by atoms with van der Waals surface area (Å²) in [6.45, 7) is -0.143. The molecule has 0 fully saturated rings. The van der Waals surface area contributed by atoms with Gasteiger partial charge in [0.05, 0.1) is 0 Å². The van der Waals surface area contributed by atoms with Crippen LogP contribution in [0.3, 0.4) is 0 Å². The number of rotatable bonds is 6. The third-order valence-corrected chi connectivity index (χ3v) is 3.36. The zero-order chi connectivity index (χ0) is 17.5. The Bertz CT molecular complexity index is 686. The quantitative estimate of drug-likeness (QED) is 0.610. The van der Waals surface area contributed by atoms with E-state index < -0.39 is 18.3 Å². The molecule has 2 atom stereocenters. The van der Waals surface area contributed by atoms with Gasteiger partial charge in [-0.2, -0.15) is 0 Å². The summed E-state index contributed by atoms with van der Waals surface area (Å²) in [7, 11) is 0. The maximum Gasteiger partial charge on any atom is 0.407 e. The number of aliphatic hydroxyl groups excluding tert-OH is 2. The van der Waals surface area contributed by atoms with Crippen LogP contribution in [0.15, 0.2) is 36.4 Å². The fourth-order valence-corrected chi connectivity index (χ4v) is 2.06. The molecular formula is C15H17ClN4O4. The highest BCUT2D eigenvalue weighted by atomic mass is 35.5. The highest BCUT2D eigenvalue weighted by molar-refractivity contribution is 6.29. The Kier molecular flexibility index (Phi) is 6.30. The Hall–Kier alpha value is -2.42. The molecule has 0 spiro atoms. The van der Waals surface area contributed by atoms with Gasteiger partial charge < -0.3 is 26.0 Å². The highest BCUT2D eigenvalue weighted by Gasteiger charge is 2.22. The van der Waals surface area contributed by atoms with Crippen molar-refractivity contribution in [3.05, 3.63) is 52.7 Å². The number of nitrogens with zero attached hydrogens (tertiary/aromatic N) is 2. The molecular weight excluding hydrogens is 336 g/mol. The van der Waals surface area contributed by atoms with Crippen LogP contribution >= 0.6 is 11.6 Å². The number of carbonyl (C=O) groups is 1. The number of nitrogens with one attached hydrogen (secondary N) is 1. The molecule has 0 radical (unpaired) electrons. The van der Waals surface area contributed by atoms with Gasteiger partial charge in [0.2, 0.25) is 0 Å². The summed E-state index contributed by atoms with van der Waals surface area (Å²) in [5.41, 5.74) is 6.54. The number of alkyl carbamates (subject to hydrolysis) is 1. The van der Waals surface area contributed by atoms with E-state index in [0.29, 0.717) is 0 Å². The zero-order valence-corrected chi connectivity index (χ0v) is 13.3. The summed E-state index contributed by atoms with van der Waals surface area (Å²) in [6.07, 6.45) is -3.42. The number of carbonyl (C=O) groups excluding carboxylic acids is 1. The molecule has 1 amide bonds. The van der Waals surface area contributed by atoms with Crippen LogP contribution < -0.4 is 11.1 Å². The number of anilines is 1. The number of ether oxygens (including phenoxy) is 1. The van der Waals surface area contributed by atoms with Crippen LogP contribution in [0.5, 0.6) is 0 Å². The van der Waals surface area contributed by atoms with Gasteiger partial charge in [0.25, 0.3) is 0 Å². The van der Waals surface area contributed by atoms with Crippen molar-refractivity contribution in [2.45, 2.75) is 18.8 Å². The van der Waals surface area contributed by atoms with Gasteiger partial charge in [-0.05, 0) is 11.6 Å². The van der Waals surface area contributed by atoms with E-state index in [-0.39, 0.29) is 29.7 Å². The lowest BCUT2D eigenvalue weighted by atomic mass is 10.1. The molecule has 2 aromatic rings. The molecule has 0 saturated carbocycles.